The Hall–Kier alpha value is -1.92. The number of aryl methyl sites for hydroxylation is 1. The molecule has 0 bridgehead atoms. The Bertz CT molecular complexity index is 766. The lowest BCUT2D eigenvalue weighted by Crippen LogP contribution is -2.41. The second-order valence-electron chi connectivity index (χ2n) is 8.06. The Morgan fingerprint density at radius 2 is 1.85 bits per heavy atom. The van der Waals surface area contributed by atoms with Crippen molar-refractivity contribution < 1.29 is 18.9 Å². The quantitative estimate of drug-likeness (QED) is 0.844. The molecule has 0 saturated carbocycles. The maximum Gasteiger partial charge on any atom is 0.492 e. The summed E-state index contributed by atoms with van der Waals surface area (Å²) in [4.78, 5) is 23.2. The fourth-order valence-corrected chi connectivity index (χ4v) is 3.20. The molecular weight excluding hydrogens is 329 g/mol. The molecule has 138 valence electrons. The van der Waals surface area contributed by atoms with Gasteiger partial charge in [0, 0.05) is 25.5 Å². The molecule has 3 rings (SSSR count). The number of benzene rings is 1. The van der Waals surface area contributed by atoms with E-state index in [1.165, 1.54) is 6.92 Å². The molecule has 0 spiro atoms. The number of hydrogen-bond acceptors (Lipinski definition) is 4. The average Bonchev–Trinajstić information content (AvgIpc) is 3.00. The third-order valence-corrected chi connectivity index (χ3v) is 5.50. The van der Waals surface area contributed by atoms with Gasteiger partial charge in [-0.05, 0) is 50.7 Å². The largest absolute Gasteiger partial charge is 0.492 e. The van der Waals surface area contributed by atoms with E-state index in [4.69, 9.17) is 9.31 Å². The highest BCUT2D eigenvalue weighted by Crippen LogP contribution is 2.38. The SMILES string of the molecule is CC(=O)NCC(=Cc1ccc2c(c1)CCC2=O)B1OC(C)(C)C(C)(C)O1. The molecule has 1 aromatic carbocycles. The molecule has 1 saturated heterocycles. The zero-order chi connectivity index (χ0) is 19.1. The summed E-state index contributed by atoms with van der Waals surface area (Å²) < 4.78 is 12.3. The fraction of sp³-hybridized carbons (Fsp3) is 0.500. The number of ketones is 1. The predicted octanol–water partition coefficient (Wildman–Crippen LogP) is 2.97. The van der Waals surface area contributed by atoms with Crippen LogP contribution < -0.4 is 5.32 Å². The van der Waals surface area contributed by atoms with Crippen LogP contribution in [0.1, 0.15) is 62.5 Å². The monoisotopic (exact) mass is 355 g/mol. The Labute approximate surface area is 155 Å². The van der Waals surface area contributed by atoms with Gasteiger partial charge >= 0.3 is 7.12 Å². The van der Waals surface area contributed by atoms with Gasteiger partial charge < -0.3 is 14.6 Å². The summed E-state index contributed by atoms with van der Waals surface area (Å²) in [5.41, 5.74) is 2.84. The van der Waals surface area contributed by atoms with Crippen LogP contribution in [-0.4, -0.2) is 36.6 Å². The number of carbonyl (C=O) groups is 2. The molecule has 0 radical (unpaired) electrons. The molecule has 1 amide bonds. The molecule has 0 unspecified atom stereocenters. The van der Waals surface area contributed by atoms with Crippen LogP contribution in [0.25, 0.3) is 6.08 Å². The summed E-state index contributed by atoms with van der Waals surface area (Å²) in [6.07, 6.45) is 3.35. The number of nitrogens with one attached hydrogen (secondary N) is 1. The minimum atomic E-state index is -0.526. The summed E-state index contributed by atoms with van der Waals surface area (Å²) in [5, 5.41) is 2.84. The Balaban J connectivity index is 1.90. The standard InChI is InChI=1S/C20H26BNO4/c1-13(23)22-12-16(21-25-19(2,3)20(4,5)26-21)11-14-6-8-17-15(10-14)7-9-18(17)24/h6,8,10-11H,7,9,12H2,1-5H3,(H,22,23). The normalized spacial score (nSPS) is 21.0. The number of hydrogen-bond donors (Lipinski definition) is 1. The predicted molar refractivity (Wildman–Crippen MR) is 102 cm³/mol. The minimum Gasteiger partial charge on any atom is -0.400 e. The second kappa shape index (κ2) is 6.67. The van der Waals surface area contributed by atoms with Crippen molar-refractivity contribution in [2.24, 2.45) is 0 Å². The van der Waals surface area contributed by atoms with Crippen LogP contribution in [0.15, 0.2) is 23.7 Å². The van der Waals surface area contributed by atoms with Crippen LogP contribution in [0.4, 0.5) is 0 Å². The van der Waals surface area contributed by atoms with Crippen LogP contribution in [-0.2, 0) is 20.5 Å². The zero-order valence-electron chi connectivity index (χ0n) is 16.1. The third kappa shape index (κ3) is 3.62. The first-order valence-corrected chi connectivity index (χ1v) is 9.06. The zero-order valence-corrected chi connectivity index (χ0v) is 16.1. The Morgan fingerprint density at radius 1 is 1.19 bits per heavy atom. The van der Waals surface area contributed by atoms with E-state index in [1.54, 1.807) is 0 Å². The van der Waals surface area contributed by atoms with Gasteiger partial charge in [-0.2, -0.15) is 0 Å². The summed E-state index contributed by atoms with van der Waals surface area (Å²) in [6.45, 7) is 9.85. The second-order valence-corrected chi connectivity index (χ2v) is 8.06. The van der Waals surface area contributed by atoms with Gasteiger partial charge in [0.1, 0.15) is 0 Å². The first kappa shape index (κ1) is 18.9. The molecule has 0 aromatic heterocycles. The topological polar surface area (TPSA) is 64.6 Å². The molecule has 1 heterocycles. The molecule has 0 atom stereocenters. The number of fused-ring (bicyclic) bond motifs is 1. The first-order valence-electron chi connectivity index (χ1n) is 9.06. The molecule has 1 fully saturated rings. The van der Waals surface area contributed by atoms with Gasteiger partial charge in [0.15, 0.2) is 5.78 Å². The van der Waals surface area contributed by atoms with Crippen molar-refractivity contribution in [2.45, 2.75) is 58.7 Å². The molecule has 6 heteroatoms. The van der Waals surface area contributed by atoms with Crippen LogP contribution >= 0.6 is 0 Å². The van der Waals surface area contributed by atoms with Gasteiger partial charge in [-0.1, -0.05) is 24.3 Å². The molecule has 5 nitrogen and oxygen atoms in total. The number of rotatable bonds is 4. The molecule has 26 heavy (non-hydrogen) atoms. The summed E-state index contributed by atoms with van der Waals surface area (Å²) in [6, 6.07) is 5.86. The Kier molecular flexibility index (Phi) is 4.84. The maximum atomic E-state index is 11.8. The van der Waals surface area contributed by atoms with Crippen LogP contribution in [0.3, 0.4) is 0 Å². The van der Waals surface area contributed by atoms with Crippen molar-refractivity contribution in [1.82, 2.24) is 5.32 Å². The van der Waals surface area contributed by atoms with Crippen molar-refractivity contribution in [3.05, 3.63) is 40.4 Å². The lowest BCUT2D eigenvalue weighted by Gasteiger charge is -2.32. The van der Waals surface area contributed by atoms with Gasteiger partial charge in [0.25, 0.3) is 0 Å². The highest BCUT2D eigenvalue weighted by atomic mass is 16.7. The van der Waals surface area contributed by atoms with Crippen molar-refractivity contribution in [2.75, 3.05) is 6.54 Å². The molecule has 1 aromatic rings. The van der Waals surface area contributed by atoms with E-state index in [2.05, 4.69) is 5.32 Å². The summed E-state index contributed by atoms with van der Waals surface area (Å²) in [7, 11) is -0.526. The smallest absolute Gasteiger partial charge is 0.400 e. The highest BCUT2D eigenvalue weighted by molar-refractivity contribution is 6.56. The van der Waals surface area contributed by atoms with Gasteiger partial charge in [-0.25, -0.2) is 0 Å². The van der Waals surface area contributed by atoms with E-state index in [-0.39, 0.29) is 11.7 Å². The molecule has 1 aliphatic carbocycles. The van der Waals surface area contributed by atoms with Crippen LogP contribution in [0, 0.1) is 0 Å². The number of amides is 1. The number of Topliss-reactive ketones (excluding diaryl/α,β-unsaturated/α-hetero) is 1. The van der Waals surface area contributed by atoms with Crippen LogP contribution in [0.5, 0.6) is 0 Å². The third-order valence-electron chi connectivity index (χ3n) is 5.50. The fourth-order valence-electron chi connectivity index (χ4n) is 3.20. The van der Waals surface area contributed by atoms with Gasteiger partial charge in [-0.3, -0.25) is 9.59 Å². The highest BCUT2D eigenvalue weighted by Gasteiger charge is 2.52. The Morgan fingerprint density at radius 3 is 2.46 bits per heavy atom. The van der Waals surface area contributed by atoms with E-state index in [0.717, 1.165) is 28.6 Å². The minimum absolute atomic E-state index is 0.105. The van der Waals surface area contributed by atoms with E-state index >= 15 is 0 Å². The van der Waals surface area contributed by atoms with E-state index in [0.29, 0.717) is 13.0 Å². The summed E-state index contributed by atoms with van der Waals surface area (Å²) in [5.74, 6) is 0.104. The molecule has 1 N–H and O–H groups in total. The van der Waals surface area contributed by atoms with Crippen molar-refractivity contribution >= 4 is 24.9 Å². The molecular formula is C20H26BNO4. The molecule has 1 aliphatic heterocycles. The van der Waals surface area contributed by atoms with Crippen molar-refractivity contribution in [3.8, 4) is 0 Å². The van der Waals surface area contributed by atoms with Gasteiger partial charge in [0.2, 0.25) is 5.91 Å². The van der Waals surface area contributed by atoms with Gasteiger partial charge in [0.05, 0.1) is 11.2 Å². The number of carbonyl (C=O) groups excluding carboxylic acids is 2. The van der Waals surface area contributed by atoms with Crippen molar-refractivity contribution in [3.63, 3.8) is 0 Å². The maximum absolute atomic E-state index is 11.8. The van der Waals surface area contributed by atoms with Gasteiger partial charge in [-0.15, -0.1) is 0 Å². The lowest BCUT2D eigenvalue weighted by atomic mass is 9.77. The van der Waals surface area contributed by atoms with Crippen LogP contribution in [0.2, 0.25) is 0 Å². The lowest BCUT2D eigenvalue weighted by molar-refractivity contribution is -0.118. The van der Waals surface area contributed by atoms with Crippen molar-refractivity contribution in [1.29, 1.82) is 0 Å². The van der Waals surface area contributed by atoms with E-state index in [1.807, 2.05) is 52.0 Å². The summed E-state index contributed by atoms with van der Waals surface area (Å²) >= 11 is 0. The van der Waals surface area contributed by atoms with E-state index in [9.17, 15) is 9.59 Å². The van der Waals surface area contributed by atoms with E-state index < -0.39 is 18.3 Å². The average molecular weight is 355 g/mol. The molecule has 2 aliphatic rings. The first-order chi connectivity index (χ1) is 12.1.